The quantitative estimate of drug-likeness (QED) is 0.682. The summed E-state index contributed by atoms with van der Waals surface area (Å²) in [6.07, 6.45) is 7.01. The van der Waals surface area contributed by atoms with E-state index in [9.17, 15) is 0 Å². The molecule has 2 N–H and O–H groups in total. The predicted octanol–water partition coefficient (Wildman–Crippen LogP) is 1.12. The first kappa shape index (κ1) is 6.80. The SMILES string of the molecule is NC1(Cc2cccnc2)CC1. The Morgan fingerprint density at radius 1 is 1.55 bits per heavy atom. The maximum Gasteiger partial charge on any atom is 0.0300 e. The molecule has 1 fully saturated rings. The van der Waals surface area contributed by atoms with Crippen LogP contribution in [0.4, 0.5) is 0 Å². The molecule has 0 aromatic carbocycles. The number of nitrogens with zero attached hydrogens (tertiary/aromatic N) is 1. The second-order valence-corrected chi connectivity index (χ2v) is 3.40. The largest absolute Gasteiger partial charge is 0.325 e. The molecule has 0 atom stereocenters. The summed E-state index contributed by atoms with van der Waals surface area (Å²) in [7, 11) is 0. The summed E-state index contributed by atoms with van der Waals surface area (Å²) in [6.45, 7) is 0. The number of aromatic nitrogens is 1. The summed E-state index contributed by atoms with van der Waals surface area (Å²) in [6, 6.07) is 4.04. The molecule has 1 aromatic rings. The Kier molecular flexibility index (Phi) is 1.43. The Bertz CT molecular complexity index is 239. The smallest absolute Gasteiger partial charge is 0.0300 e. The summed E-state index contributed by atoms with van der Waals surface area (Å²) >= 11 is 0. The lowest BCUT2D eigenvalue weighted by molar-refractivity contribution is 0.670. The molecule has 1 aromatic heterocycles. The van der Waals surface area contributed by atoms with Crippen molar-refractivity contribution in [2.75, 3.05) is 0 Å². The van der Waals surface area contributed by atoms with Crippen molar-refractivity contribution in [2.24, 2.45) is 5.73 Å². The van der Waals surface area contributed by atoms with Gasteiger partial charge in [0.05, 0.1) is 0 Å². The minimum absolute atomic E-state index is 0.114. The Morgan fingerprint density at radius 2 is 2.36 bits per heavy atom. The molecule has 1 heterocycles. The molecule has 1 aliphatic carbocycles. The molecule has 58 valence electrons. The summed E-state index contributed by atoms with van der Waals surface area (Å²) < 4.78 is 0. The van der Waals surface area contributed by atoms with Crippen LogP contribution in [0.5, 0.6) is 0 Å². The summed E-state index contributed by atoms with van der Waals surface area (Å²) in [5, 5.41) is 0. The Labute approximate surface area is 66.4 Å². The van der Waals surface area contributed by atoms with Crippen LogP contribution in [-0.2, 0) is 6.42 Å². The Morgan fingerprint density at radius 3 is 2.91 bits per heavy atom. The van der Waals surface area contributed by atoms with Crippen molar-refractivity contribution in [1.82, 2.24) is 4.98 Å². The zero-order chi connectivity index (χ0) is 7.73. The molecule has 0 unspecified atom stereocenters. The Hall–Kier alpha value is -0.890. The van der Waals surface area contributed by atoms with Gasteiger partial charge in [-0.25, -0.2) is 0 Å². The maximum atomic E-state index is 5.95. The van der Waals surface area contributed by atoms with E-state index >= 15 is 0 Å². The molecule has 0 aliphatic heterocycles. The van der Waals surface area contributed by atoms with Crippen LogP contribution in [0.3, 0.4) is 0 Å². The van der Waals surface area contributed by atoms with E-state index < -0.39 is 0 Å². The van der Waals surface area contributed by atoms with Gasteiger partial charge in [-0.2, -0.15) is 0 Å². The van der Waals surface area contributed by atoms with Gasteiger partial charge < -0.3 is 5.73 Å². The summed E-state index contributed by atoms with van der Waals surface area (Å²) in [5.41, 5.74) is 7.32. The predicted molar refractivity (Wildman–Crippen MR) is 44.1 cm³/mol. The average molecular weight is 148 g/mol. The molecule has 0 radical (unpaired) electrons. The maximum absolute atomic E-state index is 5.95. The lowest BCUT2D eigenvalue weighted by atomic mass is 10.1. The molecule has 2 rings (SSSR count). The van der Waals surface area contributed by atoms with E-state index in [1.807, 2.05) is 12.3 Å². The Balaban J connectivity index is 2.07. The number of hydrogen-bond donors (Lipinski definition) is 1. The molecule has 2 heteroatoms. The lowest BCUT2D eigenvalue weighted by Crippen LogP contribution is -2.24. The van der Waals surface area contributed by atoms with Crippen LogP contribution in [0.1, 0.15) is 18.4 Å². The van der Waals surface area contributed by atoms with Gasteiger partial charge in [-0.05, 0) is 30.9 Å². The van der Waals surface area contributed by atoms with Gasteiger partial charge in [-0.3, -0.25) is 4.98 Å². The van der Waals surface area contributed by atoms with Gasteiger partial charge in [-0.1, -0.05) is 6.07 Å². The number of hydrogen-bond acceptors (Lipinski definition) is 2. The van der Waals surface area contributed by atoms with Gasteiger partial charge in [0.2, 0.25) is 0 Å². The molecular formula is C9H12N2. The van der Waals surface area contributed by atoms with Crippen LogP contribution in [0.25, 0.3) is 0 Å². The van der Waals surface area contributed by atoms with E-state index in [-0.39, 0.29) is 5.54 Å². The van der Waals surface area contributed by atoms with Crippen molar-refractivity contribution < 1.29 is 0 Å². The number of rotatable bonds is 2. The van der Waals surface area contributed by atoms with Gasteiger partial charge in [-0.15, -0.1) is 0 Å². The minimum atomic E-state index is 0.114. The first-order chi connectivity index (χ1) is 5.29. The van der Waals surface area contributed by atoms with Crippen LogP contribution in [0.2, 0.25) is 0 Å². The van der Waals surface area contributed by atoms with E-state index in [0.717, 1.165) is 6.42 Å². The standard InChI is InChI=1S/C9H12N2/c10-9(3-4-9)6-8-2-1-5-11-7-8/h1-2,5,7H,3-4,6,10H2. The third-order valence-corrected chi connectivity index (χ3v) is 2.17. The highest BCUT2D eigenvalue weighted by atomic mass is 14.8. The van der Waals surface area contributed by atoms with Crippen molar-refractivity contribution >= 4 is 0 Å². The molecule has 0 saturated heterocycles. The van der Waals surface area contributed by atoms with E-state index in [0.29, 0.717) is 0 Å². The van der Waals surface area contributed by atoms with Crippen LogP contribution in [-0.4, -0.2) is 10.5 Å². The molecule has 1 saturated carbocycles. The highest BCUT2D eigenvalue weighted by Crippen LogP contribution is 2.35. The monoisotopic (exact) mass is 148 g/mol. The molecule has 1 aliphatic rings. The van der Waals surface area contributed by atoms with E-state index in [1.165, 1.54) is 18.4 Å². The van der Waals surface area contributed by atoms with Crippen molar-refractivity contribution in [3.63, 3.8) is 0 Å². The van der Waals surface area contributed by atoms with E-state index in [1.54, 1.807) is 6.20 Å². The van der Waals surface area contributed by atoms with Gasteiger partial charge in [0.25, 0.3) is 0 Å². The van der Waals surface area contributed by atoms with Crippen LogP contribution in [0, 0.1) is 0 Å². The normalized spacial score (nSPS) is 19.7. The highest BCUT2D eigenvalue weighted by Gasteiger charge is 2.37. The summed E-state index contributed by atoms with van der Waals surface area (Å²) in [4.78, 5) is 4.04. The second-order valence-electron chi connectivity index (χ2n) is 3.40. The molecule has 11 heavy (non-hydrogen) atoms. The van der Waals surface area contributed by atoms with Crippen LogP contribution >= 0.6 is 0 Å². The van der Waals surface area contributed by atoms with E-state index in [2.05, 4.69) is 11.1 Å². The van der Waals surface area contributed by atoms with Crippen molar-refractivity contribution in [1.29, 1.82) is 0 Å². The second kappa shape index (κ2) is 2.31. The lowest BCUT2D eigenvalue weighted by Gasteiger charge is -2.06. The van der Waals surface area contributed by atoms with E-state index in [4.69, 9.17) is 5.73 Å². The zero-order valence-electron chi connectivity index (χ0n) is 6.46. The first-order valence-corrected chi connectivity index (χ1v) is 3.96. The summed E-state index contributed by atoms with van der Waals surface area (Å²) in [5.74, 6) is 0. The minimum Gasteiger partial charge on any atom is -0.325 e. The number of pyridine rings is 1. The topological polar surface area (TPSA) is 38.9 Å². The van der Waals surface area contributed by atoms with Gasteiger partial charge >= 0.3 is 0 Å². The molecule has 0 bridgehead atoms. The van der Waals surface area contributed by atoms with Crippen molar-refractivity contribution in [3.8, 4) is 0 Å². The fourth-order valence-corrected chi connectivity index (χ4v) is 1.25. The van der Waals surface area contributed by atoms with Gasteiger partial charge in [0, 0.05) is 17.9 Å². The molecule has 0 amide bonds. The highest BCUT2D eigenvalue weighted by molar-refractivity contribution is 5.16. The first-order valence-electron chi connectivity index (χ1n) is 3.96. The van der Waals surface area contributed by atoms with Gasteiger partial charge in [0.15, 0.2) is 0 Å². The van der Waals surface area contributed by atoms with Crippen LogP contribution in [0.15, 0.2) is 24.5 Å². The van der Waals surface area contributed by atoms with Crippen molar-refractivity contribution in [2.45, 2.75) is 24.8 Å². The van der Waals surface area contributed by atoms with Crippen molar-refractivity contribution in [3.05, 3.63) is 30.1 Å². The molecule has 0 spiro atoms. The van der Waals surface area contributed by atoms with Crippen LogP contribution < -0.4 is 5.73 Å². The number of nitrogens with two attached hydrogens (primary N) is 1. The fourth-order valence-electron chi connectivity index (χ4n) is 1.25. The van der Waals surface area contributed by atoms with Gasteiger partial charge in [0.1, 0.15) is 0 Å². The fraction of sp³-hybridized carbons (Fsp3) is 0.444. The zero-order valence-corrected chi connectivity index (χ0v) is 6.46. The molecular weight excluding hydrogens is 136 g/mol. The third-order valence-electron chi connectivity index (χ3n) is 2.17. The third kappa shape index (κ3) is 1.57. The molecule has 2 nitrogen and oxygen atoms in total. The average Bonchev–Trinajstić information content (AvgIpc) is 2.70.